The molecule has 0 saturated heterocycles. The first-order chi connectivity index (χ1) is 7.74. The highest BCUT2D eigenvalue weighted by Gasteiger charge is 2.15. The maximum absolute atomic E-state index is 11.2. The van der Waals surface area contributed by atoms with Crippen LogP contribution < -0.4 is 11.2 Å². The summed E-state index contributed by atoms with van der Waals surface area (Å²) in [4.78, 5) is 22.2. The molecule has 0 aliphatic carbocycles. The number of carbonyl (C=O) groups excluding carboxylic acids is 2. The van der Waals surface area contributed by atoms with Gasteiger partial charge in [-0.3, -0.25) is 4.79 Å². The van der Waals surface area contributed by atoms with Crippen LogP contribution in [0.3, 0.4) is 0 Å². The van der Waals surface area contributed by atoms with Gasteiger partial charge >= 0.3 is 12.1 Å². The highest BCUT2D eigenvalue weighted by molar-refractivity contribution is 5.96. The molecule has 0 bridgehead atoms. The molecule has 3 N–H and O–H groups in total. The van der Waals surface area contributed by atoms with Crippen LogP contribution in [-0.4, -0.2) is 30.1 Å². The number of hydrogen-bond donors (Lipinski definition) is 2. The standard InChI is InChI=1S/C10H19N3O4/c1-5-16-8(14)6-7(11)12-13-9(15)17-10(2,3)4/h5-6H2,1-4H3,(H2,11,12)(H,13,15). The van der Waals surface area contributed by atoms with E-state index in [1.807, 2.05) is 0 Å². The molecule has 7 nitrogen and oxygen atoms in total. The van der Waals surface area contributed by atoms with E-state index in [1.165, 1.54) is 0 Å². The van der Waals surface area contributed by atoms with Gasteiger partial charge < -0.3 is 15.2 Å². The number of carbonyl (C=O) groups is 2. The van der Waals surface area contributed by atoms with E-state index in [-0.39, 0.29) is 18.9 Å². The van der Waals surface area contributed by atoms with Crippen LogP contribution in [0.5, 0.6) is 0 Å². The van der Waals surface area contributed by atoms with Crippen LogP contribution >= 0.6 is 0 Å². The zero-order chi connectivity index (χ0) is 13.5. The second kappa shape index (κ2) is 6.72. The minimum atomic E-state index is -0.732. The van der Waals surface area contributed by atoms with E-state index in [0.717, 1.165) is 0 Å². The monoisotopic (exact) mass is 245 g/mol. The van der Waals surface area contributed by atoms with Crippen molar-refractivity contribution in [2.75, 3.05) is 6.61 Å². The van der Waals surface area contributed by atoms with Gasteiger partial charge in [0.1, 0.15) is 17.9 Å². The Labute approximate surface area is 100 Å². The lowest BCUT2D eigenvalue weighted by atomic mass is 10.2. The van der Waals surface area contributed by atoms with Gasteiger partial charge in [-0.05, 0) is 27.7 Å². The Morgan fingerprint density at radius 2 is 1.94 bits per heavy atom. The summed E-state index contributed by atoms with van der Waals surface area (Å²) in [6.07, 6.45) is -0.909. The number of hydrogen-bond acceptors (Lipinski definition) is 5. The molecular formula is C10H19N3O4. The normalized spacial score (nSPS) is 11.9. The van der Waals surface area contributed by atoms with Gasteiger partial charge in [0, 0.05) is 0 Å². The number of ether oxygens (including phenoxy) is 2. The molecular weight excluding hydrogens is 226 g/mol. The number of amides is 1. The van der Waals surface area contributed by atoms with Gasteiger partial charge in [-0.15, -0.1) is 0 Å². The van der Waals surface area contributed by atoms with Crippen molar-refractivity contribution in [3.05, 3.63) is 0 Å². The zero-order valence-electron chi connectivity index (χ0n) is 10.6. The Bertz CT molecular complexity index is 307. The summed E-state index contributed by atoms with van der Waals surface area (Å²) in [5.74, 6) is -0.547. The number of nitrogens with two attached hydrogens (primary N) is 1. The molecule has 0 aliphatic heterocycles. The topological polar surface area (TPSA) is 103 Å². The summed E-state index contributed by atoms with van der Waals surface area (Å²) in [7, 11) is 0. The van der Waals surface area contributed by atoms with Crippen LogP contribution in [0.2, 0.25) is 0 Å². The second-order valence-electron chi connectivity index (χ2n) is 4.20. The number of rotatable bonds is 4. The minimum absolute atomic E-state index is 0.0469. The molecule has 0 rings (SSSR count). The van der Waals surface area contributed by atoms with Crippen LogP contribution in [-0.2, 0) is 14.3 Å². The third-order valence-electron chi connectivity index (χ3n) is 1.32. The van der Waals surface area contributed by atoms with Gasteiger partial charge in [0.15, 0.2) is 0 Å². The van der Waals surface area contributed by atoms with E-state index in [4.69, 9.17) is 10.5 Å². The largest absolute Gasteiger partial charge is 0.466 e. The first kappa shape index (κ1) is 15.2. The average molecular weight is 245 g/mol. The number of amidine groups is 1. The van der Waals surface area contributed by atoms with Gasteiger partial charge in [0.05, 0.1) is 6.61 Å². The molecule has 0 heterocycles. The molecule has 0 fully saturated rings. The fourth-order valence-corrected chi connectivity index (χ4v) is 0.818. The lowest BCUT2D eigenvalue weighted by Crippen LogP contribution is -2.31. The van der Waals surface area contributed by atoms with Crippen molar-refractivity contribution in [1.29, 1.82) is 0 Å². The smallest absolute Gasteiger partial charge is 0.428 e. The highest BCUT2D eigenvalue weighted by Crippen LogP contribution is 2.06. The number of hydrazone groups is 1. The molecule has 0 radical (unpaired) electrons. The third-order valence-corrected chi connectivity index (χ3v) is 1.32. The van der Waals surface area contributed by atoms with Gasteiger partial charge in [-0.25, -0.2) is 10.2 Å². The number of esters is 1. The molecule has 0 atom stereocenters. The number of nitrogens with zero attached hydrogens (tertiary/aromatic N) is 1. The summed E-state index contributed by atoms with van der Waals surface area (Å²) >= 11 is 0. The Hall–Kier alpha value is -1.79. The van der Waals surface area contributed by atoms with E-state index in [0.29, 0.717) is 0 Å². The van der Waals surface area contributed by atoms with Crippen LogP contribution in [0.25, 0.3) is 0 Å². The molecule has 7 heteroatoms. The van der Waals surface area contributed by atoms with E-state index >= 15 is 0 Å². The molecule has 98 valence electrons. The third kappa shape index (κ3) is 9.16. The summed E-state index contributed by atoms with van der Waals surface area (Å²) in [6, 6.07) is 0. The van der Waals surface area contributed by atoms with Crippen molar-refractivity contribution in [1.82, 2.24) is 5.43 Å². The van der Waals surface area contributed by atoms with E-state index < -0.39 is 17.7 Å². The Morgan fingerprint density at radius 3 is 2.41 bits per heavy atom. The summed E-state index contributed by atoms with van der Waals surface area (Å²) < 4.78 is 9.57. The van der Waals surface area contributed by atoms with Gasteiger partial charge in [-0.2, -0.15) is 5.10 Å². The first-order valence-electron chi connectivity index (χ1n) is 5.21. The molecule has 0 aromatic heterocycles. The minimum Gasteiger partial charge on any atom is -0.466 e. The summed E-state index contributed by atoms with van der Waals surface area (Å²) in [5.41, 5.74) is 6.86. The molecule has 0 unspecified atom stereocenters. The van der Waals surface area contributed by atoms with Gasteiger partial charge in [-0.1, -0.05) is 0 Å². The maximum atomic E-state index is 11.2. The quantitative estimate of drug-likeness (QED) is 0.329. The average Bonchev–Trinajstić information content (AvgIpc) is 2.12. The molecule has 0 spiro atoms. The Balaban J connectivity index is 4.07. The lowest BCUT2D eigenvalue weighted by molar-refractivity contribution is -0.141. The molecule has 0 aromatic carbocycles. The predicted octanol–water partition coefficient (Wildman–Crippen LogP) is 0.736. The molecule has 0 aliphatic rings. The predicted molar refractivity (Wildman–Crippen MR) is 62.2 cm³/mol. The molecule has 0 saturated carbocycles. The molecule has 17 heavy (non-hydrogen) atoms. The van der Waals surface area contributed by atoms with Crippen LogP contribution in [0.4, 0.5) is 4.79 Å². The van der Waals surface area contributed by atoms with Crippen molar-refractivity contribution in [3.63, 3.8) is 0 Å². The van der Waals surface area contributed by atoms with Crippen molar-refractivity contribution in [3.8, 4) is 0 Å². The Kier molecular flexibility index (Phi) is 6.01. The van der Waals surface area contributed by atoms with Crippen molar-refractivity contribution in [2.24, 2.45) is 10.8 Å². The maximum Gasteiger partial charge on any atom is 0.428 e. The van der Waals surface area contributed by atoms with Crippen molar-refractivity contribution >= 4 is 17.9 Å². The van der Waals surface area contributed by atoms with E-state index in [1.54, 1.807) is 27.7 Å². The number of nitrogens with one attached hydrogen (secondary N) is 1. The van der Waals surface area contributed by atoms with Crippen molar-refractivity contribution in [2.45, 2.75) is 39.7 Å². The van der Waals surface area contributed by atoms with Crippen LogP contribution in [0, 0.1) is 0 Å². The van der Waals surface area contributed by atoms with Crippen LogP contribution in [0.15, 0.2) is 5.10 Å². The van der Waals surface area contributed by atoms with E-state index in [9.17, 15) is 9.59 Å². The SMILES string of the molecule is CCOC(=O)CC(N)=NNC(=O)OC(C)(C)C. The zero-order valence-corrected chi connectivity index (χ0v) is 10.6. The van der Waals surface area contributed by atoms with E-state index in [2.05, 4.69) is 15.3 Å². The Morgan fingerprint density at radius 1 is 1.35 bits per heavy atom. The van der Waals surface area contributed by atoms with Crippen LogP contribution in [0.1, 0.15) is 34.1 Å². The summed E-state index contributed by atoms with van der Waals surface area (Å²) in [6.45, 7) is 7.12. The highest BCUT2D eigenvalue weighted by atomic mass is 16.6. The first-order valence-corrected chi connectivity index (χ1v) is 5.21. The van der Waals surface area contributed by atoms with Crippen molar-refractivity contribution < 1.29 is 19.1 Å². The second-order valence-corrected chi connectivity index (χ2v) is 4.20. The lowest BCUT2D eigenvalue weighted by Gasteiger charge is -2.18. The van der Waals surface area contributed by atoms with Gasteiger partial charge in [0.2, 0.25) is 0 Å². The summed E-state index contributed by atoms with van der Waals surface area (Å²) in [5, 5.41) is 3.50. The molecule has 1 amide bonds. The fourth-order valence-electron chi connectivity index (χ4n) is 0.818. The fraction of sp³-hybridized carbons (Fsp3) is 0.700. The molecule has 0 aromatic rings. The van der Waals surface area contributed by atoms with Gasteiger partial charge in [0.25, 0.3) is 0 Å².